The molecule has 0 saturated heterocycles. The number of carboxylic acids is 1. The highest BCUT2D eigenvalue weighted by Gasteiger charge is 2.54. The van der Waals surface area contributed by atoms with Crippen LogP contribution in [0.4, 0.5) is 0 Å². The van der Waals surface area contributed by atoms with E-state index in [9.17, 15) is 14.7 Å². The van der Waals surface area contributed by atoms with Crippen molar-refractivity contribution in [3.8, 4) is 0 Å². The molecular weight excluding hydrogens is 336 g/mol. The van der Waals surface area contributed by atoms with Gasteiger partial charge in [-0.1, -0.05) is 40.9 Å². The summed E-state index contributed by atoms with van der Waals surface area (Å²) in [5.41, 5.74) is -0.642. The van der Waals surface area contributed by atoms with E-state index < -0.39 is 17.4 Å². The maximum absolute atomic E-state index is 12.3. The molecule has 1 atom stereocenters. The summed E-state index contributed by atoms with van der Waals surface area (Å²) in [4.78, 5) is 24.3. The van der Waals surface area contributed by atoms with E-state index >= 15 is 0 Å². The van der Waals surface area contributed by atoms with Gasteiger partial charge in [-0.05, 0) is 42.9 Å². The molecule has 0 heterocycles. The van der Waals surface area contributed by atoms with Crippen molar-refractivity contribution >= 4 is 27.9 Å². The van der Waals surface area contributed by atoms with Gasteiger partial charge in [0.1, 0.15) is 0 Å². The van der Waals surface area contributed by atoms with Crippen LogP contribution in [0.3, 0.4) is 0 Å². The SMILES string of the molecule is COC(=O)C(Cc1ccc(Br)cc1)(C(=O)O)C1CCCC1. The van der Waals surface area contributed by atoms with Crippen molar-refractivity contribution < 1.29 is 19.4 Å². The first-order chi connectivity index (χ1) is 10.0. The Bertz CT molecular complexity index is 520. The number of carboxylic acid groups (broad SMARTS) is 1. The molecule has 0 bridgehead atoms. The summed E-state index contributed by atoms with van der Waals surface area (Å²) in [6.07, 6.45) is 3.64. The number of hydrogen-bond acceptors (Lipinski definition) is 3. The van der Waals surface area contributed by atoms with Gasteiger partial charge in [0.2, 0.25) is 0 Å². The summed E-state index contributed by atoms with van der Waals surface area (Å²) in [5.74, 6) is -1.87. The molecule has 0 aromatic heterocycles. The normalized spacial score (nSPS) is 18.2. The van der Waals surface area contributed by atoms with Gasteiger partial charge in [0.25, 0.3) is 0 Å². The second-order valence-electron chi connectivity index (χ2n) is 5.55. The lowest BCUT2D eigenvalue weighted by atomic mass is 9.70. The highest BCUT2D eigenvalue weighted by atomic mass is 79.9. The lowest BCUT2D eigenvalue weighted by molar-refractivity contribution is -0.171. The zero-order valence-corrected chi connectivity index (χ0v) is 13.6. The second kappa shape index (κ2) is 6.60. The monoisotopic (exact) mass is 354 g/mol. The van der Waals surface area contributed by atoms with Gasteiger partial charge in [-0.25, -0.2) is 0 Å². The molecule has 1 aliphatic carbocycles. The van der Waals surface area contributed by atoms with Gasteiger partial charge in [0.05, 0.1) is 7.11 Å². The van der Waals surface area contributed by atoms with Crippen LogP contribution >= 0.6 is 15.9 Å². The molecule has 21 heavy (non-hydrogen) atoms. The van der Waals surface area contributed by atoms with E-state index in [2.05, 4.69) is 15.9 Å². The van der Waals surface area contributed by atoms with E-state index in [1.54, 1.807) is 0 Å². The van der Waals surface area contributed by atoms with Crippen LogP contribution < -0.4 is 0 Å². The van der Waals surface area contributed by atoms with Gasteiger partial charge in [0.15, 0.2) is 5.41 Å². The molecule has 1 fully saturated rings. The Morgan fingerprint density at radius 2 is 1.86 bits per heavy atom. The molecule has 1 aromatic carbocycles. The Morgan fingerprint density at radius 1 is 1.29 bits per heavy atom. The number of esters is 1. The number of halogens is 1. The maximum Gasteiger partial charge on any atom is 0.323 e. The van der Waals surface area contributed by atoms with Crippen molar-refractivity contribution in [1.29, 1.82) is 0 Å². The van der Waals surface area contributed by atoms with Gasteiger partial charge >= 0.3 is 11.9 Å². The fourth-order valence-electron chi connectivity index (χ4n) is 3.25. The van der Waals surface area contributed by atoms with Crippen LogP contribution in [0.25, 0.3) is 0 Å². The molecular formula is C16H19BrO4. The van der Waals surface area contributed by atoms with Gasteiger partial charge in [-0.15, -0.1) is 0 Å². The van der Waals surface area contributed by atoms with Gasteiger partial charge in [-0.2, -0.15) is 0 Å². The fraction of sp³-hybridized carbons (Fsp3) is 0.500. The van der Waals surface area contributed by atoms with E-state index in [0.717, 1.165) is 35.7 Å². The standard InChI is InChI=1S/C16H19BrO4/c1-21-15(20)16(14(18)19,12-4-2-3-5-12)10-11-6-8-13(17)9-7-11/h6-9,12H,2-5,10H2,1H3,(H,18,19). The van der Waals surface area contributed by atoms with Crippen molar-refractivity contribution in [3.05, 3.63) is 34.3 Å². The molecule has 4 nitrogen and oxygen atoms in total. The van der Waals surface area contributed by atoms with Crippen LogP contribution in [0.2, 0.25) is 0 Å². The number of benzene rings is 1. The summed E-state index contributed by atoms with van der Waals surface area (Å²) in [7, 11) is 1.26. The Kier molecular flexibility index (Phi) is 5.04. The van der Waals surface area contributed by atoms with Crippen LogP contribution in [0, 0.1) is 11.3 Å². The lowest BCUT2D eigenvalue weighted by Gasteiger charge is -2.32. The third kappa shape index (κ3) is 3.12. The van der Waals surface area contributed by atoms with Gasteiger partial charge < -0.3 is 9.84 Å². The number of carbonyl (C=O) groups is 2. The molecule has 0 spiro atoms. The summed E-state index contributed by atoms with van der Waals surface area (Å²) in [6.45, 7) is 0. The van der Waals surface area contributed by atoms with Gasteiger partial charge in [0, 0.05) is 4.47 Å². The molecule has 2 rings (SSSR count). The van der Waals surface area contributed by atoms with Crippen molar-refractivity contribution in [3.63, 3.8) is 0 Å². The summed E-state index contributed by atoms with van der Waals surface area (Å²) in [5, 5.41) is 9.79. The van der Waals surface area contributed by atoms with E-state index in [0.29, 0.717) is 0 Å². The lowest BCUT2D eigenvalue weighted by Crippen LogP contribution is -2.47. The topological polar surface area (TPSA) is 63.6 Å². The summed E-state index contributed by atoms with van der Waals surface area (Å²) >= 11 is 3.35. The van der Waals surface area contributed by atoms with Crippen molar-refractivity contribution in [2.24, 2.45) is 11.3 Å². The van der Waals surface area contributed by atoms with Gasteiger partial charge in [-0.3, -0.25) is 9.59 Å². The van der Waals surface area contributed by atoms with E-state index in [4.69, 9.17) is 4.74 Å². The van der Waals surface area contributed by atoms with Crippen LogP contribution in [0.15, 0.2) is 28.7 Å². The van der Waals surface area contributed by atoms with Crippen molar-refractivity contribution in [1.82, 2.24) is 0 Å². The van der Waals surface area contributed by atoms with E-state index in [1.165, 1.54) is 7.11 Å². The number of methoxy groups -OCH3 is 1. The highest BCUT2D eigenvalue weighted by molar-refractivity contribution is 9.10. The predicted molar refractivity (Wildman–Crippen MR) is 81.9 cm³/mol. The minimum Gasteiger partial charge on any atom is -0.480 e. The molecule has 1 unspecified atom stereocenters. The molecule has 1 aliphatic rings. The fourth-order valence-corrected chi connectivity index (χ4v) is 3.51. The summed E-state index contributed by atoms with van der Waals surface area (Å²) in [6, 6.07) is 7.40. The molecule has 1 aromatic rings. The smallest absolute Gasteiger partial charge is 0.323 e. The van der Waals surface area contributed by atoms with E-state index in [-0.39, 0.29) is 12.3 Å². The maximum atomic E-state index is 12.3. The Hall–Kier alpha value is -1.36. The predicted octanol–water partition coefficient (Wildman–Crippen LogP) is 3.43. The van der Waals surface area contributed by atoms with Crippen LogP contribution in [0.1, 0.15) is 31.2 Å². The number of hydrogen-bond donors (Lipinski definition) is 1. The first kappa shape index (κ1) is 16.0. The first-order valence-corrected chi connectivity index (χ1v) is 7.86. The third-order valence-electron chi connectivity index (χ3n) is 4.38. The molecule has 1 N–H and O–H groups in total. The summed E-state index contributed by atoms with van der Waals surface area (Å²) < 4.78 is 5.78. The number of rotatable bonds is 5. The number of ether oxygens (including phenoxy) is 1. The van der Waals surface area contributed by atoms with Crippen molar-refractivity contribution in [2.75, 3.05) is 7.11 Å². The molecule has 0 radical (unpaired) electrons. The quantitative estimate of drug-likeness (QED) is 0.649. The minimum absolute atomic E-state index is 0.161. The molecule has 1 saturated carbocycles. The average molecular weight is 355 g/mol. The zero-order chi connectivity index (χ0) is 15.5. The first-order valence-electron chi connectivity index (χ1n) is 7.07. The number of aliphatic carboxylic acids is 1. The second-order valence-corrected chi connectivity index (χ2v) is 6.47. The number of carbonyl (C=O) groups excluding carboxylic acids is 1. The van der Waals surface area contributed by atoms with Crippen LogP contribution in [-0.4, -0.2) is 24.2 Å². The molecule has 0 amide bonds. The van der Waals surface area contributed by atoms with Crippen LogP contribution in [-0.2, 0) is 20.7 Å². The minimum atomic E-state index is -1.47. The molecule has 5 heteroatoms. The van der Waals surface area contributed by atoms with E-state index in [1.807, 2.05) is 24.3 Å². The largest absolute Gasteiger partial charge is 0.480 e. The Balaban J connectivity index is 2.40. The van der Waals surface area contributed by atoms with Crippen LogP contribution in [0.5, 0.6) is 0 Å². The van der Waals surface area contributed by atoms with Crippen molar-refractivity contribution in [2.45, 2.75) is 32.1 Å². The Labute approximate surface area is 132 Å². The average Bonchev–Trinajstić information content (AvgIpc) is 3.00. The molecule has 114 valence electrons. The zero-order valence-electron chi connectivity index (χ0n) is 12.0. The highest BCUT2D eigenvalue weighted by Crippen LogP contribution is 2.43. The molecule has 0 aliphatic heterocycles. The third-order valence-corrected chi connectivity index (χ3v) is 4.91. The Morgan fingerprint density at radius 3 is 2.33 bits per heavy atom.